The topological polar surface area (TPSA) is 44.4 Å². The van der Waals surface area contributed by atoms with E-state index in [0.29, 0.717) is 18.8 Å². The molecule has 1 rings (SSSR count). The molecule has 0 saturated heterocycles. The van der Waals surface area contributed by atoms with Crippen LogP contribution in [0.25, 0.3) is 0 Å². The summed E-state index contributed by atoms with van der Waals surface area (Å²) < 4.78 is 14.1. The van der Waals surface area contributed by atoms with Crippen molar-refractivity contribution in [3.05, 3.63) is 29.6 Å². The number of nitrogens with one attached hydrogen (secondary N) is 2. The fraction of sp³-hybridized carbons (Fsp3) is 0.533. The van der Waals surface area contributed by atoms with E-state index in [1.165, 1.54) is 6.07 Å². The lowest BCUT2D eigenvalue weighted by atomic mass is 10.1. The first-order valence-electron chi connectivity index (χ1n) is 7.07. The van der Waals surface area contributed by atoms with Gasteiger partial charge in [0.25, 0.3) is 0 Å². The minimum absolute atomic E-state index is 0.125. The molecule has 1 amide bonds. The molecule has 0 aliphatic rings. The number of benzene rings is 1. The zero-order chi connectivity index (χ0) is 15.0. The van der Waals surface area contributed by atoms with E-state index in [4.69, 9.17) is 0 Å². The van der Waals surface area contributed by atoms with Gasteiger partial charge in [0.2, 0.25) is 5.91 Å². The average molecular weight is 281 g/mol. The third kappa shape index (κ3) is 4.81. The smallest absolute Gasteiger partial charge is 0.239 e. The Labute approximate surface area is 120 Å². The molecule has 0 atom stereocenters. The first kappa shape index (κ1) is 16.4. The second-order valence-corrected chi connectivity index (χ2v) is 4.65. The molecule has 2 N–H and O–H groups in total. The van der Waals surface area contributed by atoms with Crippen molar-refractivity contribution in [2.24, 2.45) is 0 Å². The summed E-state index contributed by atoms with van der Waals surface area (Å²) in [5.74, 6) is -0.411. The number of hydrogen-bond acceptors (Lipinski definition) is 3. The summed E-state index contributed by atoms with van der Waals surface area (Å²) >= 11 is 0. The zero-order valence-electron chi connectivity index (χ0n) is 12.5. The first-order valence-corrected chi connectivity index (χ1v) is 7.07. The highest BCUT2D eigenvalue weighted by atomic mass is 19.1. The van der Waals surface area contributed by atoms with Gasteiger partial charge in [-0.3, -0.25) is 4.79 Å². The van der Waals surface area contributed by atoms with Crippen LogP contribution in [0.1, 0.15) is 25.8 Å². The van der Waals surface area contributed by atoms with Crippen molar-refractivity contribution >= 4 is 11.6 Å². The van der Waals surface area contributed by atoms with Gasteiger partial charge in [-0.25, -0.2) is 4.39 Å². The normalized spacial score (nSPS) is 10.4. The van der Waals surface area contributed by atoms with Crippen molar-refractivity contribution in [2.45, 2.75) is 26.8 Å². The van der Waals surface area contributed by atoms with Crippen molar-refractivity contribution in [1.29, 1.82) is 0 Å². The highest BCUT2D eigenvalue weighted by Crippen LogP contribution is 2.20. The maximum absolute atomic E-state index is 14.1. The van der Waals surface area contributed by atoms with E-state index in [1.807, 2.05) is 13.0 Å². The van der Waals surface area contributed by atoms with Crippen LogP contribution in [0.3, 0.4) is 0 Å². The molecule has 1 aromatic carbocycles. The van der Waals surface area contributed by atoms with Crippen LogP contribution in [0.4, 0.5) is 10.1 Å². The monoisotopic (exact) mass is 281 g/mol. The van der Waals surface area contributed by atoms with Crippen LogP contribution in [0.15, 0.2) is 18.2 Å². The quantitative estimate of drug-likeness (QED) is 0.715. The van der Waals surface area contributed by atoms with E-state index in [-0.39, 0.29) is 18.3 Å². The molecule has 0 aliphatic carbocycles. The number of hydrogen-bond donors (Lipinski definition) is 2. The summed E-state index contributed by atoms with van der Waals surface area (Å²) in [5, 5.41) is 5.79. The molecule has 0 radical (unpaired) electrons. The molecule has 0 fully saturated rings. The Morgan fingerprint density at radius 1 is 1.35 bits per heavy atom. The van der Waals surface area contributed by atoms with E-state index < -0.39 is 0 Å². The molecule has 20 heavy (non-hydrogen) atoms. The molecule has 0 aromatic heterocycles. The molecular weight excluding hydrogens is 257 g/mol. The van der Waals surface area contributed by atoms with Crippen LogP contribution in [-0.4, -0.2) is 32.6 Å². The summed E-state index contributed by atoms with van der Waals surface area (Å²) in [6.45, 7) is 6.32. The van der Waals surface area contributed by atoms with Crippen molar-refractivity contribution in [3.63, 3.8) is 0 Å². The number of amides is 1. The number of carbonyl (C=O) groups excluding carboxylic acids is 1. The number of likely N-dealkylation sites (N-methyl/N-ethyl adjacent to an activating group) is 2. The lowest BCUT2D eigenvalue weighted by Gasteiger charge is -2.23. The highest BCUT2D eigenvalue weighted by Gasteiger charge is 2.13. The van der Waals surface area contributed by atoms with Crippen LogP contribution in [-0.2, 0) is 11.3 Å². The van der Waals surface area contributed by atoms with Crippen molar-refractivity contribution in [1.82, 2.24) is 10.6 Å². The van der Waals surface area contributed by atoms with E-state index in [2.05, 4.69) is 17.6 Å². The standard InChI is InChI=1S/C15H24FN3O/c1-4-8-18-10-12-6-7-14(13(16)9-12)19(5-2)11-15(20)17-3/h6-7,9,18H,4-5,8,10-11H2,1-3H3,(H,17,20). The number of rotatable bonds is 8. The van der Waals surface area contributed by atoms with Gasteiger partial charge < -0.3 is 15.5 Å². The van der Waals surface area contributed by atoms with Gasteiger partial charge in [-0.05, 0) is 37.6 Å². The van der Waals surface area contributed by atoms with E-state index in [1.54, 1.807) is 18.0 Å². The molecule has 0 spiro atoms. The second-order valence-electron chi connectivity index (χ2n) is 4.65. The maximum atomic E-state index is 14.1. The number of halogens is 1. The lowest BCUT2D eigenvalue weighted by molar-refractivity contribution is -0.119. The van der Waals surface area contributed by atoms with Crippen molar-refractivity contribution in [2.75, 3.05) is 31.6 Å². The Balaban J connectivity index is 2.76. The Hall–Kier alpha value is -1.62. The number of anilines is 1. The Morgan fingerprint density at radius 3 is 2.65 bits per heavy atom. The Morgan fingerprint density at radius 2 is 2.10 bits per heavy atom. The SMILES string of the molecule is CCCNCc1ccc(N(CC)CC(=O)NC)c(F)c1. The minimum Gasteiger partial charge on any atom is -0.360 e. The molecule has 5 heteroatoms. The van der Waals surface area contributed by atoms with Crippen LogP contribution in [0, 0.1) is 5.82 Å². The fourth-order valence-electron chi connectivity index (χ4n) is 1.95. The highest BCUT2D eigenvalue weighted by molar-refractivity contribution is 5.81. The molecule has 112 valence electrons. The van der Waals surface area contributed by atoms with Gasteiger partial charge >= 0.3 is 0 Å². The third-order valence-corrected chi connectivity index (χ3v) is 3.10. The second kappa shape index (κ2) is 8.53. The van der Waals surface area contributed by atoms with Crippen LogP contribution >= 0.6 is 0 Å². The van der Waals surface area contributed by atoms with Gasteiger partial charge in [0.05, 0.1) is 12.2 Å². The third-order valence-electron chi connectivity index (χ3n) is 3.10. The van der Waals surface area contributed by atoms with Gasteiger partial charge in [-0.15, -0.1) is 0 Å². The predicted molar refractivity (Wildman–Crippen MR) is 80.4 cm³/mol. The molecule has 0 bridgehead atoms. The fourth-order valence-corrected chi connectivity index (χ4v) is 1.95. The molecule has 0 saturated carbocycles. The average Bonchev–Trinajstić information content (AvgIpc) is 2.45. The van der Waals surface area contributed by atoms with Crippen molar-refractivity contribution < 1.29 is 9.18 Å². The molecule has 0 heterocycles. The summed E-state index contributed by atoms with van der Waals surface area (Å²) in [6, 6.07) is 5.17. The van der Waals surface area contributed by atoms with Gasteiger partial charge in [0, 0.05) is 20.1 Å². The molecule has 1 aromatic rings. The minimum atomic E-state index is -0.286. The summed E-state index contributed by atoms with van der Waals surface area (Å²) in [5.41, 5.74) is 1.38. The number of nitrogens with zero attached hydrogens (tertiary/aromatic N) is 1. The lowest BCUT2D eigenvalue weighted by Crippen LogP contribution is -2.36. The number of carbonyl (C=O) groups is 1. The molecule has 4 nitrogen and oxygen atoms in total. The van der Waals surface area contributed by atoms with Crippen LogP contribution in [0.2, 0.25) is 0 Å². The van der Waals surface area contributed by atoms with E-state index in [0.717, 1.165) is 18.5 Å². The summed E-state index contributed by atoms with van der Waals surface area (Å²) in [6.07, 6.45) is 1.05. The maximum Gasteiger partial charge on any atom is 0.239 e. The first-order chi connectivity index (χ1) is 9.62. The van der Waals surface area contributed by atoms with Gasteiger partial charge in [-0.2, -0.15) is 0 Å². The van der Waals surface area contributed by atoms with Crippen molar-refractivity contribution in [3.8, 4) is 0 Å². The Kier molecular flexibility index (Phi) is 7.01. The van der Waals surface area contributed by atoms with E-state index in [9.17, 15) is 9.18 Å². The molecule has 0 aliphatic heterocycles. The summed E-state index contributed by atoms with van der Waals surface area (Å²) in [4.78, 5) is 13.1. The zero-order valence-corrected chi connectivity index (χ0v) is 12.5. The molecular formula is C15H24FN3O. The van der Waals surface area contributed by atoms with Crippen LogP contribution in [0.5, 0.6) is 0 Å². The Bertz CT molecular complexity index is 437. The largest absolute Gasteiger partial charge is 0.360 e. The van der Waals surface area contributed by atoms with Crippen LogP contribution < -0.4 is 15.5 Å². The van der Waals surface area contributed by atoms with Gasteiger partial charge in [0.15, 0.2) is 0 Å². The van der Waals surface area contributed by atoms with Gasteiger partial charge in [0.1, 0.15) is 5.82 Å². The van der Waals surface area contributed by atoms with E-state index >= 15 is 0 Å². The predicted octanol–water partition coefficient (Wildman–Crippen LogP) is 1.90. The molecule has 0 unspecified atom stereocenters. The summed E-state index contributed by atoms with van der Waals surface area (Å²) in [7, 11) is 1.58. The van der Waals surface area contributed by atoms with Gasteiger partial charge in [-0.1, -0.05) is 13.0 Å².